The van der Waals surface area contributed by atoms with E-state index in [0.29, 0.717) is 12.2 Å². The molecule has 9 heavy (non-hydrogen) atoms. The summed E-state index contributed by atoms with van der Waals surface area (Å²) >= 11 is 4.54. The third-order valence-electron chi connectivity index (χ3n) is 0.438. The van der Waals surface area contributed by atoms with Gasteiger partial charge in [0.15, 0.2) is 0 Å². The van der Waals surface area contributed by atoms with E-state index in [9.17, 15) is 9.59 Å². The smallest absolute Gasteiger partial charge is 0.349 e. The Hall–Kier alpha value is -1.03. The van der Waals surface area contributed by atoms with Crippen molar-refractivity contribution in [1.29, 1.82) is 0 Å². The Morgan fingerprint density at radius 2 is 2.00 bits per heavy atom. The SMILES string of the molecule is O=C(O)C=CC(=O)OCl. The van der Waals surface area contributed by atoms with Crippen molar-refractivity contribution in [1.82, 2.24) is 0 Å². The molecule has 1 N–H and O–H groups in total. The first kappa shape index (κ1) is 7.97. The molecule has 0 aliphatic rings. The number of carboxylic acids is 1. The molecule has 4 nitrogen and oxygen atoms in total. The average Bonchev–Trinajstić information content (AvgIpc) is 1.83. The van der Waals surface area contributed by atoms with Crippen LogP contribution >= 0.6 is 11.9 Å². The molecule has 0 saturated heterocycles. The van der Waals surface area contributed by atoms with Gasteiger partial charge in [0.1, 0.15) is 11.9 Å². The average molecular weight is 151 g/mol. The van der Waals surface area contributed by atoms with E-state index < -0.39 is 11.9 Å². The highest BCUT2D eigenvalue weighted by Gasteiger charge is 1.93. The predicted octanol–water partition coefficient (Wildman–Crippen LogP) is 0.324. The summed E-state index contributed by atoms with van der Waals surface area (Å²) in [4.78, 5) is 19.7. The van der Waals surface area contributed by atoms with E-state index in [2.05, 4.69) is 16.2 Å². The molecule has 0 radical (unpaired) electrons. The number of carbonyl (C=O) groups excluding carboxylic acids is 1. The molecule has 0 amide bonds. The molecule has 0 saturated carbocycles. The first-order valence-electron chi connectivity index (χ1n) is 1.90. The fourth-order valence-electron chi connectivity index (χ4n) is 0.165. The minimum Gasteiger partial charge on any atom is -0.478 e. The second-order valence-corrected chi connectivity index (χ2v) is 1.22. The van der Waals surface area contributed by atoms with Crippen molar-refractivity contribution in [2.45, 2.75) is 0 Å². The third kappa shape index (κ3) is 4.83. The summed E-state index contributed by atoms with van der Waals surface area (Å²) in [6, 6.07) is 0. The van der Waals surface area contributed by atoms with Gasteiger partial charge in [-0.3, -0.25) is 0 Å². The molecule has 0 aliphatic carbocycles. The van der Waals surface area contributed by atoms with Crippen LogP contribution in [0, 0.1) is 0 Å². The van der Waals surface area contributed by atoms with Crippen LogP contribution in [0.15, 0.2) is 12.2 Å². The van der Waals surface area contributed by atoms with Gasteiger partial charge in [0.05, 0.1) is 0 Å². The molecular weight excluding hydrogens is 147 g/mol. The molecule has 50 valence electrons. The van der Waals surface area contributed by atoms with Gasteiger partial charge in [-0.15, -0.1) is 0 Å². The Bertz CT molecular complexity index is 151. The normalized spacial score (nSPS) is 9.44. The van der Waals surface area contributed by atoms with E-state index in [1.54, 1.807) is 0 Å². The van der Waals surface area contributed by atoms with E-state index in [1.165, 1.54) is 0 Å². The van der Waals surface area contributed by atoms with Crippen molar-refractivity contribution in [3.8, 4) is 0 Å². The Balaban J connectivity index is 3.71. The molecule has 0 aliphatic heterocycles. The standard InChI is InChI=1S/C4H3ClO4/c5-9-4(8)2-1-3(6)7/h1-2H,(H,6,7). The predicted molar refractivity (Wildman–Crippen MR) is 28.7 cm³/mol. The van der Waals surface area contributed by atoms with Crippen molar-refractivity contribution >= 4 is 23.8 Å². The zero-order valence-electron chi connectivity index (χ0n) is 4.20. The lowest BCUT2D eigenvalue weighted by Crippen LogP contribution is -1.93. The molecule has 5 heteroatoms. The lowest BCUT2D eigenvalue weighted by Gasteiger charge is -1.81. The monoisotopic (exact) mass is 150 g/mol. The maximum absolute atomic E-state index is 10.0. The largest absolute Gasteiger partial charge is 0.478 e. The highest BCUT2D eigenvalue weighted by Crippen LogP contribution is 1.83. The second-order valence-electron chi connectivity index (χ2n) is 1.07. The summed E-state index contributed by atoms with van der Waals surface area (Å²) in [6.45, 7) is 0. The van der Waals surface area contributed by atoms with Gasteiger partial charge in [-0.2, -0.15) is 0 Å². The lowest BCUT2D eigenvalue weighted by molar-refractivity contribution is -0.133. The zero-order valence-corrected chi connectivity index (χ0v) is 4.96. The first-order valence-corrected chi connectivity index (χ1v) is 2.21. The van der Waals surface area contributed by atoms with Crippen LogP contribution in [0.4, 0.5) is 0 Å². The van der Waals surface area contributed by atoms with Crippen LogP contribution < -0.4 is 0 Å². The molecule has 0 rings (SSSR count). The van der Waals surface area contributed by atoms with Crippen LogP contribution in [0.25, 0.3) is 0 Å². The number of carbonyl (C=O) groups is 2. The number of hydrogen-bond donors (Lipinski definition) is 1. The summed E-state index contributed by atoms with van der Waals surface area (Å²) in [5, 5.41) is 7.92. The topological polar surface area (TPSA) is 63.6 Å². The summed E-state index contributed by atoms with van der Waals surface area (Å²) in [6.07, 6.45) is 1.33. The van der Waals surface area contributed by atoms with Gasteiger partial charge < -0.3 is 9.40 Å². The van der Waals surface area contributed by atoms with Crippen LogP contribution in [0.1, 0.15) is 0 Å². The number of rotatable bonds is 2. The van der Waals surface area contributed by atoms with Gasteiger partial charge in [0, 0.05) is 12.2 Å². The fourth-order valence-corrected chi connectivity index (χ4v) is 0.216. The van der Waals surface area contributed by atoms with Crippen LogP contribution in [0.3, 0.4) is 0 Å². The highest BCUT2D eigenvalue weighted by molar-refractivity contribution is 6.15. The number of carboxylic acid groups (broad SMARTS) is 1. The van der Waals surface area contributed by atoms with Crippen molar-refractivity contribution in [2.75, 3.05) is 0 Å². The molecule has 0 aromatic carbocycles. The van der Waals surface area contributed by atoms with Crippen LogP contribution in [0.2, 0.25) is 0 Å². The Morgan fingerprint density at radius 1 is 1.44 bits per heavy atom. The van der Waals surface area contributed by atoms with Crippen molar-refractivity contribution in [3.63, 3.8) is 0 Å². The summed E-state index contributed by atoms with van der Waals surface area (Å²) < 4.78 is 3.58. The maximum atomic E-state index is 10.0. The lowest BCUT2D eigenvalue weighted by atomic mass is 10.5. The third-order valence-corrected chi connectivity index (χ3v) is 0.590. The summed E-state index contributed by atoms with van der Waals surface area (Å²) in [5.74, 6) is -2.13. The fraction of sp³-hybridized carbons (Fsp3) is 0. The number of hydrogen-bond acceptors (Lipinski definition) is 3. The Labute approximate surface area is 55.9 Å². The quantitative estimate of drug-likeness (QED) is 0.576. The second kappa shape index (κ2) is 3.91. The minimum absolute atomic E-state index is 0.630. The van der Waals surface area contributed by atoms with Gasteiger partial charge >= 0.3 is 11.9 Å². The highest BCUT2D eigenvalue weighted by atomic mass is 35.5. The van der Waals surface area contributed by atoms with Crippen molar-refractivity contribution in [3.05, 3.63) is 12.2 Å². The van der Waals surface area contributed by atoms with Gasteiger partial charge in [-0.1, -0.05) is 0 Å². The van der Waals surface area contributed by atoms with Gasteiger partial charge in [0.25, 0.3) is 0 Å². The van der Waals surface area contributed by atoms with Crippen LogP contribution in [-0.4, -0.2) is 17.0 Å². The van der Waals surface area contributed by atoms with E-state index in [1.807, 2.05) is 0 Å². The Morgan fingerprint density at radius 3 is 2.33 bits per heavy atom. The van der Waals surface area contributed by atoms with E-state index in [0.717, 1.165) is 0 Å². The molecule has 0 aromatic heterocycles. The molecule has 0 bridgehead atoms. The maximum Gasteiger partial charge on any atom is 0.349 e. The van der Waals surface area contributed by atoms with Gasteiger partial charge in [-0.05, 0) is 0 Å². The van der Waals surface area contributed by atoms with E-state index in [4.69, 9.17) is 5.11 Å². The first-order chi connectivity index (χ1) is 4.16. The van der Waals surface area contributed by atoms with Crippen molar-refractivity contribution < 1.29 is 19.0 Å². The molecule has 0 unspecified atom stereocenters. The Kier molecular flexibility index (Phi) is 3.46. The number of halogens is 1. The summed E-state index contributed by atoms with van der Waals surface area (Å²) in [7, 11) is 0. The van der Waals surface area contributed by atoms with Crippen molar-refractivity contribution in [2.24, 2.45) is 0 Å². The zero-order chi connectivity index (χ0) is 7.28. The van der Waals surface area contributed by atoms with E-state index in [-0.39, 0.29) is 0 Å². The van der Waals surface area contributed by atoms with Crippen LogP contribution in [-0.2, 0) is 13.9 Å². The molecule has 0 fully saturated rings. The number of aliphatic carboxylic acids is 1. The molecule has 0 spiro atoms. The van der Waals surface area contributed by atoms with E-state index >= 15 is 0 Å². The van der Waals surface area contributed by atoms with Gasteiger partial charge in [-0.25, -0.2) is 9.59 Å². The minimum atomic E-state index is -1.22. The molecule has 0 aromatic rings. The molecule has 0 atom stereocenters. The van der Waals surface area contributed by atoms with Crippen LogP contribution in [0.5, 0.6) is 0 Å². The summed E-state index contributed by atoms with van der Waals surface area (Å²) in [5.41, 5.74) is 0. The van der Waals surface area contributed by atoms with Gasteiger partial charge in [0.2, 0.25) is 0 Å². The molecule has 0 heterocycles. The molecular formula is C4H3ClO4.